The molecule has 2 aliphatic rings. The molecule has 3 heterocycles. The molecule has 0 bridgehead atoms. The standard InChI is InChI=1S/C23H21F2N5O4/c1-33-15-4-2-12(3-5-15)22-28-29-23(34-22)26-13-10-30(11-13)14-8-17(24)20(18(25)9-14)16-6-7-19(31)27-21(16)32/h2-5,8-9,13,16H,6-7,10-11H2,1H3,(H,26,29)(H,27,31,32). The minimum atomic E-state index is -1.02. The fraction of sp³-hybridized carbons (Fsp3) is 0.304. The number of hydrogen-bond donors (Lipinski definition) is 2. The highest BCUT2D eigenvalue weighted by Gasteiger charge is 2.34. The van der Waals surface area contributed by atoms with Crippen LogP contribution in [0.4, 0.5) is 20.5 Å². The average molecular weight is 469 g/mol. The molecule has 2 amide bonds. The lowest BCUT2D eigenvalue weighted by Gasteiger charge is -2.41. The summed E-state index contributed by atoms with van der Waals surface area (Å²) in [6, 6.07) is 9.83. The van der Waals surface area contributed by atoms with Crippen molar-refractivity contribution in [3.05, 3.63) is 53.6 Å². The smallest absolute Gasteiger partial charge is 0.316 e. The number of ether oxygens (including phenoxy) is 1. The molecule has 34 heavy (non-hydrogen) atoms. The van der Waals surface area contributed by atoms with E-state index in [0.29, 0.717) is 30.4 Å². The van der Waals surface area contributed by atoms with Crippen LogP contribution in [0.5, 0.6) is 5.75 Å². The fourth-order valence-corrected chi connectivity index (χ4v) is 4.14. The predicted molar refractivity (Wildman–Crippen MR) is 117 cm³/mol. The van der Waals surface area contributed by atoms with Crippen molar-refractivity contribution in [3.8, 4) is 17.2 Å². The number of imide groups is 1. The van der Waals surface area contributed by atoms with Crippen LogP contribution in [-0.2, 0) is 9.59 Å². The Morgan fingerprint density at radius 1 is 1.12 bits per heavy atom. The van der Waals surface area contributed by atoms with Gasteiger partial charge in [-0.15, -0.1) is 5.10 Å². The van der Waals surface area contributed by atoms with E-state index in [2.05, 4.69) is 20.8 Å². The first-order chi connectivity index (χ1) is 16.4. The summed E-state index contributed by atoms with van der Waals surface area (Å²) in [5.74, 6) is -2.67. The van der Waals surface area contributed by atoms with Crippen molar-refractivity contribution < 1.29 is 27.5 Å². The maximum absolute atomic E-state index is 14.8. The van der Waals surface area contributed by atoms with Crippen molar-refractivity contribution in [2.75, 3.05) is 30.4 Å². The largest absolute Gasteiger partial charge is 0.497 e. The predicted octanol–water partition coefficient (Wildman–Crippen LogP) is 2.84. The van der Waals surface area contributed by atoms with Gasteiger partial charge >= 0.3 is 6.01 Å². The van der Waals surface area contributed by atoms with Crippen LogP contribution in [0.25, 0.3) is 11.5 Å². The lowest BCUT2D eigenvalue weighted by molar-refractivity contribution is -0.134. The third-order valence-electron chi connectivity index (χ3n) is 5.99. The monoisotopic (exact) mass is 469 g/mol. The highest BCUT2D eigenvalue weighted by molar-refractivity contribution is 6.01. The summed E-state index contributed by atoms with van der Waals surface area (Å²) in [7, 11) is 1.58. The summed E-state index contributed by atoms with van der Waals surface area (Å²) >= 11 is 0. The van der Waals surface area contributed by atoms with Crippen LogP contribution in [0.1, 0.15) is 24.3 Å². The molecular weight excluding hydrogens is 448 g/mol. The van der Waals surface area contributed by atoms with Crippen LogP contribution in [0.15, 0.2) is 40.8 Å². The van der Waals surface area contributed by atoms with Gasteiger partial charge in [-0.25, -0.2) is 8.78 Å². The Hall–Kier alpha value is -4.02. The first kappa shape index (κ1) is 21.8. The number of benzene rings is 2. The molecule has 5 rings (SSSR count). The van der Waals surface area contributed by atoms with Gasteiger partial charge in [-0.2, -0.15) is 0 Å². The van der Waals surface area contributed by atoms with E-state index in [1.54, 1.807) is 24.1 Å². The van der Waals surface area contributed by atoms with Crippen molar-refractivity contribution in [3.63, 3.8) is 0 Å². The van der Waals surface area contributed by atoms with E-state index in [-0.39, 0.29) is 30.5 Å². The first-order valence-corrected chi connectivity index (χ1v) is 10.7. The Labute approximate surface area is 193 Å². The molecule has 2 saturated heterocycles. The normalized spacial score (nSPS) is 18.4. The summed E-state index contributed by atoms with van der Waals surface area (Å²) in [5.41, 5.74) is 0.813. The van der Waals surface area contributed by atoms with E-state index in [9.17, 15) is 18.4 Å². The highest BCUT2D eigenvalue weighted by atomic mass is 19.1. The molecule has 2 aromatic carbocycles. The van der Waals surface area contributed by atoms with Crippen molar-refractivity contribution in [2.24, 2.45) is 0 Å². The van der Waals surface area contributed by atoms with Gasteiger partial charge in [0.1, 0.15) is 17.4 Å². The van der Waals surface area contributed by atoms with Gasteiger partial charge < -0.3 is 19.4 Å². The lowest BCUT2D eigenvalue weighted by Crippen LogP contribution is -2.55. The molecule has 0 aliphatic carbocycles. The number of hydrogen-bond acceptors (Lipinski definition) is 8. The minimum Gasteiger partial charge on any atom is -0.497 e. The van der Waals surface area contributed by atoms with Gasteiger partial charge in [0.2, 0.25) is 17.7 Å². The third-order valence-corrected chi connectivity index (χ3v) is 5.99. The second kappa shape index (κ2) is 8.73. The SMILES string of the molecule is COc1ccc(-c2nnc(NC3CN(c4cc(F)c(C5CCC(=O)NC5=O)c(F)c4)C3)o2)cc1. The lowest BCUT2D eigenvalue weighted by atomic mass is 9.89. The van der Waals surface area contributed by atoms with E-state index in [0.717, 1.165) is 5.56 Å². The molecule has 0 saturated carbocycles. The summed E-state index contributed by atoms with van der Waals surface area (Å²) in [4.78, 5) is 25.1. The molecule has 176 valence electrons. The summed E-state index contributed by atoms with van der Waals surface area (Å²) in [6.07, 6.45) is 0.128. The van der Waals surface area contributed by atoms with Crippen molar-refractivity contribution in [1.29, 1.82) is 0 Å². The van der Waals surface area contributed by atoms with Crippen molar-refractivity contribution in [1.82, 2.24) is 15.5 Å². The van der Waals surface area contributed by atoms with Gasteiger partial charge in [0, 0.05) is 36.3 Å². The van der Waals surface area contributed by atoms with E-state index in [4.69, 9.17) is 9.15 Å². The van der Waals surface area contributed by atoms with E-state index in [1.165, 1.54) is 12.1 Å². The molecule has 1 unspecified atom stereocenters. The topological polar surface area (TPSA) is 110 Å². The van der Waals surface area contributed by atoms with Crippen LogP contribution < -0.4 is 20.3 Å². The van der Waals surface area contributed by atoms with Crippen LogP contribution in [0, 0.1) is 11.6 Å². The van der Waals surface area contributed by atoms with E-state index < -0.39 is 29.4 Å². The van der Waals surface area contributed by atoms with Gasteiger partial charge in [0.05, 0.1) is 19.1 Å². The third kappa shape index (κ3) is 4.16. The number of aromatic nitrogens is 2. The van der Waals surface area contributed by atoms with Crippen LogP contribution in [0.3, 0.4) is 0 Å². The summed E-state index contributed by atoms with van der Waals surface area (Å²) in [5, 5.41) is 13.3. The van der Waals surface area contributed by atoms with Crippen LogP contribution in [-0.4, -0.2) is 48.3 Å². The Morgan fingerprint density at radius 3 is 2.47 bits per heavy atom. The Balaban J connectivity index is 1.21. The number of amides is 2. The first-order valence-electron chi connectivity index (χ1n) is 10.7. The van der Waals surface area contributed by atoms with Gasteiger partial charge in [-0.1, -0.05) is 5.10 Å². The minimum absolute atomic E-state index is 0.0480. The number of carbonyl (C=O) groups excluding carboxylic acids is 2. The number of halogens is 2. The number of piperidine rings is 1. The highest BCUT2D eigenvalue weighted by Crippen LogP contribution is 2.33. The Bertz CT molecular complexity index is 1220. The second-order valence-electron chi connectivity index (χ2n) is 8.21. The molecule has 11 heteroatoms. The zero-order valence-corrected chi connectivity index (χ0v) is 18.2. The van der Waals surface area contributed by atoms with E-state index >= 15 is 0 Å². The fourth-order valence-electron chi connectivity index (χ4n) is 4.14. The van der Waals surface area contributed by atoms with Crippen LogP contribution in [0.2, 0.25) is 0 Å². The van der Waals surface area contributed by atoms with Crippen molar-refractivity contribution >= 4 is 23.5 Å². The van der Waals surface area contributed by atoms with Crippen LogP contribution >= 0.6 is 0 Å². The number of nitrogens with one attached hydrogen (secondary N) is 2. The van der Waals surface area contributed by atoms with Crippen molar-refractivity contribution in [2.45, 2.75) is 24.8 Å². The number of carbonyl (C=O) groups is 2. The maximum Gasteiger partial charge on any atom is 0.316 e. The average Bonchev–Trinajstić information content (AvgIpc) is 3.25. The zero-order chi connectivity index (χ0) is 23.8. The number of methoxy groups -OCH3 is 1. The molecule has 2 N–H and O–H groups in total. The second-order valence-corrected chi connectivity index (χ2v) is 8.21. The number of nitrogens with zero attached hydrogens (tertiary/aromatic N) is 3. The molecule has 0 spiro atoms. The van der Waals surface area contributed by atoms with Gasteiger partial charge in [-0.3, -0.25) is 14.9 Å². The van der Waals surface area contributed by atoms with E-state index in [1.807, 2.05) is 12.1 Å². The molecule has 9 nitrogen and oxygen atoms in total. The maximum atomic E-state index is 14.8. The number of rotatable bonds is 6. The quantitative estimate of drug-likeness (QED) is 0.531. The molecule has 2 aliphatic heterocycles. The number of anilines is 2. The Morgan fingerprint density at radius 2 is 1.82 bits per heavy atom. The molecule has 1 aromatic heterocycles. The molecular formula is C23H21F2N5O4. The summed E-state index contributed by atoms with van der Waals surface area (Å²) in [6.45, 7) is 0.938. The molecule has 0 radical (unpaired) electrons. The van der Waals surface area contributed by atoms with Gasteiger partial charge in [-0.05, 0) is 42.8 Å². The molecule has 3 aromatic rings. The summed E-state index contributed by atoms with van der Waals surface area (Å²) < 4.78 is 40.3. The zero-order valence-electron chi connectivity index (χ0n) is 18.2. The Kier molecular flexibility index (Phi) is 5.60. The van der Waals surface area contributed by atoms with Gasteiger partial charge in [0.15, 0.2) is 0 Å². The molecule has 2 fully saturated rings. The van der Waals surface area contributed by atoms with Gasteiger partial charge in [0.25, 0.3) is 0 Å². The molecule has 1 atom stereocenters.